The Bertz CT molecular complexity index is 542. The molecule has 18 heavy (non-hydrogen) atoms. The van der Waals surface area contributed by atoms with Crippen molar-refractivity contribution in [3.8, 4) is 11.4 Å². The number of halogens is 3. The fraction of sp³-hybridized carbons (Fsp3) is 0.111. The molecule has 0 saturated carbocycles. The van der Waals surface area contributed by atoms with E-state index in [2.05, 4.69) is 19.9 Å². The third-order valence-corrected chi connectivity index (χ3v) is 1.84. The van der Waals surface area contributed by atoms with E-state index in [0.29, 0.717) is 5.56 Å². The molecule has 0 aliphatic rings. The molecule has 2 rings (SSSR count). The normalized spacial score (nSPS) is 11.3. The van der Waals surface area contributed by atoms with Gasteiger partial charge in [-0.3, -0.25) is 10.3 Å². The molecule has 0 aromatic carbocycles. The van der Waals surface area contributed by atoms with Crippen molar-refractivity contribution in [3.63, 3.8) is 0 Å². The molecule has 0 spiro atoms. The van der Waals surface area contributed by atoms with E-state index < -0.39 is 12.2 Å². The summed E-state index contributed by atoms with van der Waals surface area (Å²) in [7, 11) is 0. The van der Waals surface area contributed by atoms with Crippen LogP contribution in [0.4, 0.5) is 25.1 Å². The average molecular weight is 256 g/mol. The van der Waals surface area contributed by atoms with Crippen LogP contribution in [-0.4, -0.2) is 26.2 Å². The second-order valence-electron chi connectivity index (χ2n) is 3.20. The molecule has 2 aromatic heterocycles. The molecule has 0 unspecified atom stereocenters. The number of hydrogen-bond donors (Lipinski definition) is 2. The van der Waals surface area contributed by atoms with Gasteiger partial charge in [0.25, 0.3) is 0 Å². The van der Waals surface area contributed by atoms with Crippen molar-refractivity contribution >= 4 is 11.9 Å². The van der Waals surface area contributed by atoms with Crippen LogP contribution in [0.1, 0.15) is 0 Å². The van der Waals surface area contributed by atoms with Crippen LogP contribution in [0.25, 0.3) is 11.4 Å². The Morgan fingerprint density at radius 3 is 2.33 bits per heavy atom. The molecular weight excluding hydrogens is 249 g/mol. The quantitative estimate of drug-likeness (QED) is 0.790. The van der Waals surface area contributed by atoms with Gasteiger partial charge in [0.05, 0.1) is 0 Å². The molecule has 0 saturated heterocycles. The Kier molecular flexibility index (Phi) is 2.96. The summed E-state index contributed by atoms with van der Waals surface area (Å²) in [6.07, 6.45) is -1.71. The second kappa shape index (κ2) is 4.43. The highest BCUT2D eigenvalue weighted by atomic mass is 19.4. The van der Waals surface area contributed by atoms with Gasteiger partial charge >= 0.3 is 6.30 Å². The molecule has 6 nitrogen and oxygen atoms in total. The molecule has 0 aliphatic carbocycles. The average Bonchev–Trinajstić information content (AvgIpc) is 2.27. The molecule has 0 fully saturated rings. The van der Waals surface area contributed by atoms with Crippen molar-refractivity contribution in [2.75, 3.05) is 11.1 Å². The van der Waals surface area contributed by atoms with Crippen LogP contribution in [0, 0.1) is 0 Å². The Morgan fingerprint density at radius 1 is 1.06 bits per heavy atom. The minimum Gasteiger partial charge on any atom is -0.368 e. The number of nitrogens with zero attached hydrogens (tertiary/aromatic N) is 4. The van der Waals surface area contributed by atoms with E-state index in [1.54, 1.807) is 12.1 Å². The van der Waals surface area contributed by atoms with E-state index in [0.717, 1.165) is 0 Å². The largest absolute Gasteiger partial charge is 0.484 e. The lowest BCUT2D eigenvalue weighted by Gasteiger charge is -2.09. The van der Waals surface area contributed by atoms with Crippen molar-refractivity contribution in [1.82, 2.24) is 19.9 Å². The molecule has 3 N–H and O–H groups in total. The van der Waals surface area contributed by atoms with Crippen molar-refractivity contribution in [2.45, 2.75) is 6.30 Å². The van der Waals surface area contributed by atoms with E-state index >= 15 is 0 Å². The predicted octanol–water partition coefficient (Wildman–Crippen LogP) is 1.45. The molecule has 0 aliphatic heterocycles. The highest BCUT2D eigenvalue weighted by Gasteiger charge is 2.29. The van der Waals surface area contributed by atoms with Gasteiger partial charge in [0.1, 0.15) is 0 Å². The molecule has 0 bridgehead atoms. The Balaban J connectivity index is 2.39. The fourth-order valence-electron chi connectivity index (χ4n) is 1.21. The number of nitrogen functional groups attached to an aromatic ring is 1. The van der Waals surface area contributed by atoms with Crippen LogP contribution >= 0.6 is 0 Å². The van der Waals surface area contributed by atoms with Crippen molar-refractivity contribution < 1.29 is 13.2 Å². The number of rotatable bonds is 2. The first kappa shape index (κ1) is 12.0. The van der Waals surface area contributed by atoms with Crippen LogP contribution in [0.2, 0.25) is 0 Å². The minimum atomic E-state index is -4.64. The van der Waals surface area contributed by atoms with Gasteiger partial charge in [-0.2, -0.15) is 28.1 Å². The number of pyridine rings is 1. The van der Waals surface area contributed by atoms with Crippen molar-refractivity contribution in [3.05, 3.63) is 24.5 Å². The first-order valence-corrected chi connectivity index (χ1v) is 4.71. The van der Waals surface area contributed by atoms with Crippen LogP contribution in [-0.2, 0) is 0 Å². The molecule has 94 valence electrons. The lowest BCUT2D eigenvalue weighted by Crippen LogP contribution is -2.23. The maximum Gasteiger partial charge on any atom is 0.484 e. The van der Waals surface area contributed by atoms with E-state index in [4.69, 9.17) is 5.73 Å². The monoisotopic (exact) mass is 256 g/mol. The van der Waals surface area contributed by atoms with Gasteiger partial charge in [-0.05, 0) is 12.1 Å². The summed E-state index contributed by atoms with van der Waals surface area (Å²) in [5, 5.41) is 1.17. The van der Waals surface area contributed by atoms with Crippen LogP contribution in [0.3, 0.4) is 0 Å². The summed E-state index contributed by atoms with van der Waals surface area (Å²) in [5.41, 5.74) is 5.82. The first-order valence-electron chi connectivity index (χ1n) is 4.71. The fourth-order valence-corrected chi connectivity index (χ4v) is 1.21. The van der Waals surface area contributed by atoms with Crippen LogP contribution < -0.4 is 11.1 Å². The van der Waals surface area contributed by atoms with Crippen molar-refractivity contribution in [1.29, 1.82) is 0 Å². The zero-order valence-corrected chi connectivity index (χ0v) is 8.81. The number of nitrogens with two attached hydrogens (primary N) is 1. The summed E-state index contributed by atoms with van der Waals surface area (Å²) in [5.74, 6) is -0.915. The third kappa shape index (κ3) is 3.03. The van der Waals surface area contributed by atoms with E-state index in [1.165, 1.54) is 17.7 Å². The maximum absolute atomic E-state index is 12.1. The van der Waals surface area contributed by atoms with Crippen molar-refractivity contribution in [2.24, 2.45) is 0 Å². The number of aromatic nitrogens is 4. The smallest absolute Gasteiger partial charge is 0.368 e. The number of alkyl halides is 3. The molecule has 0 radical (unpaired) electrons. The highest BCUT2D eigenvalue weighted by molar-refractivity contribution is 5.56. The third-order valence-electron chi connectivity index (χ3n) is 1.84. The number of hydrogen-bond acceptors (Lipinski definition) is 6. The van der Waals surface area contributed by atoms with E-state index in [9.17, 15) is 13.2 Å². The van der Waals surface area contributed by atoms with Crippen LogP contribution in [0.5, 0.6) is 0 Å². The zero-order valence-electron chi connectivity index (χ0n) is 8.81. The highest BCUT2D eigenvalue weighted by Crippen LogP contribution is 2.20. The first-order chi connectivity index (χ1) is 8.44. The molecule has 2 heterocycles. The Morgan fingerprint density at radius 2 is 1.72 bits per heavy atom. The molecule has 0 atom stereocenters. The van der Waals surface area contributed by atoms with Gasteiger partial charge in [0.15, 0.2) is 5.82 Å². The van der Waals surface area contributed by atoms with Crippen LogP contribution in [0.15, 0.2) is 24.5 Å². The second-order valence-corrected chi connectivity index (χ2v) is 3.20. The van der Waals surface area contributed by atoms with Gasteiger partial charge < -0.3 is 5.73 Å². The van der Waals surface area contributed by atoms with E-state index in [-0.39, 0.29) is 11.8 Å². The van der Waals surface area contributed by atoms with Gasteiger partial charge in [0, 0.05) is 18.0 Å². The standard InChI is InChI=1S/C9H7F3N6/c10-9(11,12)18-8-16-6(15-7(13)17-8)5-1-3-14-4-2-5/h1-4H,(H3,13,15,16,17,18). The minimum absolute atomic E-state index is 0.0386. The number of anilines is 2. The van der Waals surface area contributed by atoms with Gasteiger partial charge in [-0.1, -0.05) is 0 Å². The van der Waals surface area contributed by atoms with E-state index in [1.807, 2.05) is 0 Å². The summed E-state index contributed by atoms with van der Waals surface area (Å²) in [4.78, 5) is 14.5. The Hall–Kier alpha value is -2.45. The number of nitrogens with one attached hydrogen (secondary N) is 1. The molecular formula is C9H7F3N6. The molecule has 9 heteroatoms. The topological polar surface area (TPSA) is 89.6 Å². The van der Waals surface area contributed by atoms with Gasteiger partial charge in [0.2, 0.25) is 11.9 Å². The van der Waals surface area contributed by atoms with Gasteiger partial charge in [-0.25, -0.2) is 0 Å². The Labute approximate surface area is 99.1 Å². The summed E-state index contributed by atoms with van der Waals surface area (Å²) >= 11 is 0. The SMILES string of the molecule is Nc1nc(NC(F)(F)F)nc(-c2ccncc2)n1. The molecule has 2 aromatic rings. The molecule has 0 amide bonds. The summed E-state index contributed by atoms with van der Waals surface area (Å²) in [6.45, 7) is 0. The maximum atomic E-state index is 12.1. The van der Waals surface area contributed by atoms with Gasteiger partial charge in [-0.15, -0.1) is 0 Å². The lowest BCUT2D eigenvalue weighted by atomic mass is 10.2. The summed E-state index contributed by atoms with van der Waals surface area (Å²) in [6, 6.07) is 3.10. The zero-order chi connectivity index (χ0) is 13.2. The summed E-state index contributed by atoms with van der Waals surface area (Å²) < 4.78 is 36.4. The predicted molar refractivity (Wildman–Crippen MR) is 57.1 cm³/mol. The lowest BCUT2D eigenvalue weighted by molar-refractivity contribution is -0.101.